The van der Waals surface area contributed by atoms with Crippen LogP contribution >= 0.6 is 12.6 Å². The molecule has 18 heavy (non-hydrogen) atoms. The first kappa shape index (κ1) is 15.6. The van der Waals surface area contributed by atoms with Crippen molar-refractivity contribution in [3.05, 3.63) is 11.0 Å². The molecule has 1 atom stereocenters. The number of rotatable bonds is 2. The van der Waals surface area contributed by atoms with Gasteiger partial charge >= 0.3 is 5.97 Å². The van der Waals surface area contributed by atoms with Gasteiger partial charge in [-0.05, 0) is 31.1 Å². The summed E-state index contributed by atoms with van der Waals surface area (Å²) in [4.78, 5) is 12.8. The van der Waals surface area contributed by atoms with E-state index < -0.39 is 0 Å². The molecular weight excluding hydrogens is 244 g/mol. The van der Waals surface area contributed by atoms with E-state index in [1.807, 2.05) is 6.92 Å². The number of allylic oxidation sites excluding steroid dienone is 1. The van der Waals surface area contributed by atoms with Gasteiger partial charge in [0.1, 0.15) is 0 Å². The lowest BCUT2D eigenvalue weighted by molar-refractivity contribution is -0.146. The van der Waals surface area contributed by atoms with Crippen molar-refractivity contribution in [3.8, 4) is 0 Å². The lowest BCUT2D eigenvalue weighted by Crippen LogP contribution is -2.18. The molecule has 0 saturated carbocycles. The average molecular weight is 270 g/mol. The Hall–Kier alpha value is -0.440. The van der Waals surface area contributed by atoms with Crippen LogP contribution in [0.4, 0.5) is 0 Å². The Labute approximate surface area is 117 Å². The maximum atomic E-state index is 11.9. The zero-order chi connectivity index (χ0) is 13.2. The smallest absolute Gasteiger partial charge is 0.313 e. The zero-order valence-electron chi connectivity index (χ0n) is 11.5. The first-order valence-electron chi connectivity index (χ1n) is 7.31. The molecule has 3 heteroatoms. The van der Waals surface area contributed by atoms with Crippen molar-refractivity contribution in [2.24, 2.45) is 5.92 Å². The van der Waals surface area contributed by atoms with Crippen molar-refractivity contribution in [2.45, 2.75) is 64.7 Å². The maximum absolute atomic E-state index is 11.9. The van der Waals surface area contributed by atoms with Crippen molar-refractivity contribution in [1.29, 1.82) is 0 Å². The molecule has 0 amide bonds. The molecule has 1 aliphatic rings. The predicted molar refractivity (Wildman–Crippen MR) is 78.7 cm³/mol. The molecule has 2 nitrogen and oxygen atoms in total. The molecule has 0 aliphatic heterocycles. The minimum atomic E-state index is -0.132. The van der Waals surface area contributed by atoms with Crippen LogP contribution in [0.25, 0.3) is 0 Å². The number of carbonyl (C=O) groups is 1. The topological polar surface area (TPSA) is 26.3 Å². The molecule has 0 fully saturated rings. The highest BCUT2D eigenvalue weighted by molar-refractivity contribution is 7.84. The highest BCUT2D eigenvalue weighted by Gasteiger charge is 2.21. The molecule has 1 unspecified atom stereocenters. The lowest BCUT2D eigenvalue weighted by Gasteiger charge is -2.16. The molecule has 0 bridgehead atoms. The first-order chi connectivity index (χ1) is 8.75. The second-order valence-corrected chi connectivity index (χ2v) is 5.50. The summed E-state index contributed by atoms with van der Waals surface area (Å²) in [5.41, 5.74) is 0. The Bertz CT molecular complexity index is 274. The number of thiol groups is 1. The van der Waals surface area contributed by atoms with Crippen LogP contribution in [0.1, 0.15) is 64.7 Å². The van der Waals surface area contributed by atoms with Crippen LogP contribution in [0, 0.1) is 5.92 Å². The lowest BCUT2D eigenvalue weighted by atomic mass is 9.97. The molecule has 0 aromatic rings. The summed E-state index contributed by atoms with van der Waals surface area (Å²) in [6, 6.07) is 0. The summed E-state index contributed by atoms with van der Waals surface area (Å²) in [6.45, 7) is 2.31. The van der Waals surface area contributed by atoms with Crippen molar-refractivity contribution >= 4 is 18.6 Å². The van der Waals surface area contributed by atoms with Gasteiger partial charge in [-0.3, -0.25) is 4.79 Å². The molecule has 0 saturated heterocycles. The van der Waals surface area contributed by atoms with Crippen LogP contribution in [-0.2, 0) is 9.53 Å². The third kappa shape index (κ3) is 5.94. The molecule has 0 N–H and O–H groups in total. The molecule has 0 spiro atoms. The number of carbonyl (C=O) groups excluding carboxylic acids is 1. The van der Waals surface area contributed by atoms with Gasteiger partial charge in [0.2, 0.25) is 0 Å². The number of hydrogen-bond acceptors (Lipinski definition) is 3. The van der Waals surface area contributed by atoms with Crippen molar-refractivity contribution in [2.75, 3.05) is 6.61 Å². The predicted octanol–water partition coefficient (Wildman–Crippen LogP) is 4.50. The second-order valence-electron chi connectivity index (χ2n) is 4.99. The van der Waals surface area contributed by atoms with Gasteiger partial charge in [-0.2, -0.15) is 0 Å². The Morgan fingerprint density at radius 3 is 2.50 bits per heavy atom. The summed E-state index contributed by atoms with van der Waals surface area (Å²) in [7, 11) is 0. The van der Waals surface area contributed by atoms with Crippen LogP contribution < -0.4 is 0 Å². The summed E-state index contributed by atoms with van der Waals surface area (Å²) >= 11 is 4.51. The van der Waals surface area contributed by atoms with E-state index in [0.29, 0.717) is 6.61 Å². The molecular formula is C15H26O2S. The second kappa shape index (κ2) is 9.48. The van der Waals surface area contributed by atoms with Gasteiger partial charge in [-0.1, -0.05) is 44.6 Å². The van der Waals surface area contributed by atoms with Gasteiger partial charge in [0.05, 0.1) is 12.5 Å². The van der Waals surface area contributed by atoms with Gasteiger partial charge in [0.15, 0.2) is 0 Å². The van der Waals surface area contributed by atoms with Crippen LogP contribution in [0.5, 0.6) is 0 Å². The van der Waals surface area contributed by atoms with Gasteiger partial charge in [-0.15, -0.1) is 12.6 Å². The van der Waals surface area contributed by atoms with Crippen LogP contribution in [0.2, 0.25) is 0 Å². The zero-order valence-corrected chi connectivity index (χ0v) is 12.4. The van der Waals surface area contributed by atoms with Gasteiger partial charge in [0, 0.05) is 0 Å². The van der Waals surface area contributed by atoms with Gasteiger partial charge < -0.3 is 4.74 Å². The molecule has 0 heterocycles. The number of esters is 1. The minimum absolute atomic E-state index is 0.101. The number of ether oxygens (including phenoxy) is 1. The van der Waals surface area contributed by atoms with Crippen molar-refractivity contribution < 1.29 is 9.53 Å². The SMILES string of the molecule is CCOC(=O)C1CCCCCCCCCC=C1S. The summed E-state index contributed by atoms with van der Waals surface area (Å²) < 4.78 is 5.15. The minimum Gasteiger partial charge on any atom is -0.466 e. The molecule has 0 radical (unpaired) electrons. The van der Waals surface area contributed by atoms with E-state index in [9.17, 15) is 4.79 Å². The third-order valence-corrected chi connectivity index (χ3v) is 3.97. The molecule has 104 valence electrons. The van der Waals surface area contributed by atoms with Crippen LogP contribution in [0.15, 0.2) is 11.0 Å². The van der Waals surface area contributed by atoms with Crippen molar-refractivity contribution in [1.82, 2.24) is 0 Å². The highest BCUT2D eigenvalue weighted by atomic mass is 32.1. The van der Waals surface area contributed by atoms with Crippen molar-refractivity contribution in [3.63, 3.8) is 0 Å². The molecule has 0 aromatic carbocycles. The largest absolute Gasteiger partial charge is 0.466 e. The first-order valence-corrected chi connectivity index (χ1v) is 7.76. The van der Waals surface area contributed by atoms with Gasteiger partial charge in [-0.25, -0.2) is 0 Å². The van der Waals surface area contributed by atoms with E-state index in [2.05, 4.69) is 18.7 Å². The molecule has 1 rings (SSSR count). The Morgan fingerprint density at radius 1 is 1.22 bits per heavy atom. The summed E-state index contributed by atoms with van der Waals surface area (Å²) in [6.07, 6.45) is 12.8. The normalized spacial score (nSPS) is 23.4. The van der Waals surface area contributed by atoms with E-state index in [0.717, 1.165) is 24.2 Å². The Kier molecular flexibility index (Phi) is 8.23. The Morgan fingerprint density at radius 2 is 1.83 bits per heavy atom. The molecule has 1 aliphatic carbocycles. The standard InChI is InChI=1S/C15H26O2S/c1-2-17-15(16)13-11-9-7-5-3-4-6-8-10-12-14(13)18/h12-13,18H,2-11H2,1H3. The average Bonchev–Trinajstić information content (AvgIpc) is 2.34. The summed E-state index contributed by atoms with van der Waals surface area (Å²) in [5, 5.41) is 0. The number of hydrogen-bond donors (Lipinski definition) is 1. The Balaban J connectivity index is 2.61. The van der Waals surface area contributed by atoms with E-state index in [1.54, 1.807) is 0 Å². The van der Waals surface area contributed by atoms with E-state index >= 15 is 0 Å². The van der Waals surface area contributed by atoms with Crippen LogP contribution in [-0.4, -0.2) is 12.6 Å². The fraction of sp³-hybridized carbons (Fsp3) is 0.800. The monoisotopic (exact) mass is 270 g/mol. The maximum Gasteiger partial charge on any atom is 0.313 e. The fourth-order valence-electron chi connectivity index (χ4n) is 2.40. The quantitative estimate of drug-likeness (QED) is 0.590. The highest BCUT2D eigenvalue weighted by Crippen LogP contribution is 2.25. The van der Waals surface area contributed by atoms with Gasteiger partial charge in [0.25, 0.3) is 0 Å². The van der Waals surface area contributed by atoms with Crippen LogP contribution in [0.3, 0.4) is 0 Å². The van der Waals surface area contributed by atoms with E-state index in [1.165, 1.54) is 38.5 Å². The summed E-state index contributed by atoms with van der Waals surface area (Å²) in [5.74, 6) is -0.233. The van der Waals surface area contributed by atoms with E-state index in [-0.39, 0.29) is 11.9 Å². The molecule has 0 aromatic heterocycles. The third-order valence-electron chi connectivity index (χ3n) is 3.48. The van der Waals surface area contributed by atoms with E-state index in [4.69, 9.17) is 4.74 Å². The fourth-order valence-corrected chi connectivity index (χ4v) is 2.76.